The van der Waals surface area contributed by atoms with Gasteiger partial charge in [-0.25, -0.2) is 0 Å². The largest absolute Gasteiger partial charge is 0.378 e. The van der Waals surface area contributed by atoms with Crippen LogP contribution in [-0.2, 0) is 4.74 Å². The molecule has 1 aliphatic rings. The lowest BCUT2D eigenvalue weighted by Gasteiger charge is -2.26. The van der Waals surface area contributed by atoms with E-state index in [9.17, 15) is 9.59 Å². The molecule has 6 rings (SSSR count). The first-order valence-corrected chi connectivity index (χ1v) is 10.9. The summed E-state index contributed by atoms with van der Waals surface area (Å²) >= 11 is 0. The number of primary amides is 1. The van der Waals surface area contributed by atoms with Crippen molar-refractivity contribution in [3.63, 3.8) is 0 Å². The van der Waals surface area contributed by atoms with E-state index in [1.807, 2.05) is 48.7 Å². The molecule has 1 saturated heterocycles. The predicted octanol–water partition coefficient (Wildman–Crippen LogP) is 4.04. The smallest absolute Gasteiger partial charge is 0.254 e. The van der Waals surface area contributed by atoms with Gasteiger partial charge in [0.25, 0.3) is 11.8 Å². The van der Waals surface area contributed by atoms with E-state index in [0.29, 0.717) is 42.9 Å². The molecule has 0 aliphatic carbocycles. The summed E-state index contributed by atoms with van der Waals surface area (Å²) in [4.78, 5) is 33.7. The number of hydrogen-bond acceptors (Lipinski definition) is 3. The van der Waals surface area contributed by atoms with E-state index in [-0.39, 0.29) is 5.91 Å². The van der Waals surface area contributed by atoms with Gasteiger partial charge in [-0.15, -0.1) is 0 Å². The van der Waals surface area contributed by atoms with Crippen molar-refractivity contribution >= 4 is 44.5 Å². The second-order valence-corrected chi connectivity index (χ2v) is 8.38. The lowest BCUT2D eigenvalue weighted by molar-refractivity contribution is 0.0303. The number of H-pyrrole nitrogens is 2. The van der Waals surface area contributed by atoms with Crippen LogP contribution in [0.25, 0.3) is 43.8 Å². The molecule has 0 radical (unpaired) electrons. The maximum atomic E-state index is 12.9. The summed E-state index contributed by atoms with van der Waals surface area (Å²) in [7, 11) is 0. The highest BCUT2D eigenvalue weighted by Gasteiger charge is 2.20. The van der Waals surface area contributed by atoms with Gasteiger partial charge in [-0.05, 0) is 52.9 Å². The molecule has 164 valence electrons. The predicted molar refractivity (Wildman–Crippen MR) is 128 cm³/mol. The van der Waals surface area contributed by atoms with E-state index in [1.54, 1.807) is 4.90 Å². The third-order valence-electron chi connectivity index (χ3n) is 6.41. The van der Waals surface area contributed by atoms with Crippen molar-refractivity contribution in [2.24, 2.45) is 5.73 Å². The topological polar surface area (TPSA) is 104 Å². The Balaban J connectivity index is 1.50. The zero-order valence-electron chi connectivity index (χ0n) is 17.9. The van der Waals surface area contributed by atoms with Crippen LogP contribution in [0.15, 0.2) is 60.8 Å². The van der Waals surface area contributed by atoms with E-state index < -0.39 is 5.91 Å². The highest BCUT2D eigenvalue weighted by atomic mass is 16.5. The molecule has 33 heavy (non-hydrogen) atoms. The van der Waals surface area contributed by atoms with Crippen molar-refractivity contribution in [1.29, 1.82) is 0 Å². The lowest BCUT2D eigenvalue weighted by Crippen LogP contribution is -2.40. The Labute approximate surface area is 189 Å². The molecule has 0 bridgehead atoms. The first-order chi connectivity index (χ1) is 16.1. The lowest BCUT2D eigenvalue weighted by atomic mass is 9.98. The standard InChI is InChI=1S/C26H22N4O3/c27-25(31)21-12-18(16-2-1-15-5-6-28-22(15)13-16)11-20-19-4-3-17(14-23(19)29-24(20)21)26(32)30-7-9-33-10-8-30/h1-6,11-14,28-29H,7-10H2,(H2,27,31). The highest BCUT2D eigenvalue weighted by molar-refractivity contribution is 6.17. The SMILES string of the molecule is NC(=O)c1cc(-c2ccc3cc[nH]c3c2)cc2c1[nH]c1cc(C(=O)N3CCOCC3)ccc12. The normalized spacial score (nSPS) is 14.4. The summed E-state index contributed by atoms with van der Waals surface area (Å²) in [5.74, 6) is -0.520. The third kappa shape index (κ3) is 3.25. The Morgan fingerprint density at radius 3 is 2.55 bits per heavy atom. The van der Waals surface area contributed by atoms with E-state index in [2.05, 4.69) is 22.1 Å². The van der Waals surface area contributed by atoms with Crippen molar-refractivity contribution in [3.05, 3.63) is 71.9 Å². The van der Waals surface area contributed by atoms with Crippen LogP contribution >= 0.6 is 0 Å². The van der Waals surface area contributed by atoms with Gasteiger partial charge in [-0.2, -0.15) is 0 Å². The average molecular weight is 438 g/mol. The van der Waals surface area contributed by atoms with Gasteiger partial charge in [0.2, 0.25) is 0 Å². The number of amides is 2. The number of aromatic nitrogens is 2. The fraction of sp³-hybridized carbons (Fsp3) is 0.154. The molecule has 4 N–H and O–H groups in total. The molecule has 3 aromatic carbocycles. The van der Waals surface area contributed by atoms with Gasteiger partial charge in [0.05, 0.1) is 24.3 Å². The van der Waals surface area contributed by atoms with Gasteiger partial charge < -0.3 is 25.3 Å². The Morgan fingerprint density at radius 1 is 0.879 bits per heavy atom. The Hall–Kier alpha value is -4.10. The monoisotopic (exact) mass is 438 g/mol. The maximum Gasteiger partial charge on any atom is 0.254 e. The molecule has 7 nitrogen and oxygen atoms in total. The van der Waals surface area contributed by atoms with Crippen LogP contribution in [0.1, 0.15) is 20.7 Å². The van der Waals surface area contributed by atoms with E-state index >= 15 is 0 Å². The van der Waals surface area contributed by atoms with Gasteiger partial charge in [0.15, 0.2) is 0 Å². The van der Waals surface area contributed by atoms with E-state index in [1.165, 1.54) is 0 Å². The summed E-state index contributed by atoms with van der Waals surface area (Å²) in [5, 5.41) is 2.96. The summed E-state index contributed by atoms with van der Waals surface area (Å²) in [5.41, 5.74) is 11.2. The second kappa shape index (κ2) is 7.50. The molecule has 0 unspecified atom stereocenters. The van der Waals surface area contributed by atoms with Crippen LogP contribution in [0.4, 0.5) is 0 Å². The molecule has 0 spiro atoms. The number of rotatable bonds is 3. The van der Waals surface area contributed by atoms with Crippen molar-refractivity contribution in [2.45, 2.75) is 0 Å². The van der Waals surface area contributed by atoms with Crippen LogP contribution in [0.2, 0.25) is 0 Å². The minimum Gasteiger partial charge on any atom is -0.378 e. The molecule has 1 aliphatic heterocycles. The fourth-order valence-electron chi connectivity index (χ4n) is 4.68. The zero-order valence-corrected chi connectivity index (χ0v) is 17.9. The molecular weight excluding hydrogens is 416 g/mol. The summed E-state index contributed by atoms with van der Waals surface area (Å²) in [6.45, 7) is 2.28. The molecule has 3 heterocycles. The van der Waals surface area contributed by atoms with Crippen LogP contribution in [0, 0.1) is 0 Å². The summed E-state index contributed by atoms with van der Waals surface area (Å²) in [6, 6.07) is 17.7. The average Bonchev–Trinajstić information content (AvgIpc) is 3.46. The summed E-state index contributed by atoms with van der Waals surface area (Å²) < 4.78 is 5.35. The molecule has 0 saturated carbocycles. The number of carbonyl (C=O) groups is 2. The third-order valence-corrected chi connectivity index (χ3v) is 6.41. The maximum absolute atomic E-state index is 12.9. The quantitative estimate of drug-likeness (QED) is 0.396. The Kier molecular flexibility index (Phi) is 4.45. The van der Waals surface area contributed by atoms with Gasteiger partial charge >= 0.3 is 0 Å². The van der Waals surface area contributed by atoms with Gasteiger partial charge in [-0.1, -0.05) is 18.2 Å². The molecule has 2 amide bonds. The van der Waals surface area contributed by atoms with E-state index in [4.69, 9.17) is 10.5 Å². The van der Waals surface area contributed by atoms with Crippen LogP contribution in [-0.4, -0.2) is 53.0 Å². The molecule has 5 aromatic rings. The highest BCUT2D eigenvalue weighted by Crippen LogP contribution is 2.34. The number of morpholine rings is 1. The molecule has 0 atom stereocenters. The minimum absolute atomic E-state index is 0.0195. The summed E-state index contributed by atoms with van der Waals surface area (Å²) in [6.07, 6.45) is 1.90. The van der Waals surface area contributed by atoms with Crippen molar-refractivity contribution in [1.82, 2.24) is 14.9 Å². The van der Waals surface area contributed by atoms with Crippen molar-refractivity contribution < 1.29 is 14.3 Å². The number of ether oxygens (including phenoxy) is 1. The number of nitrogens with two attached hydrogens (primary N) is 1. The number of nitrogens with one attached hydrogen (secondary N) is 2. The molecule has 1 fully saturated rings. The second-order valence-electron chi connectivity index (χ2n) is 8.38. The molecule has 2 aromatic heterocycles. The minimum atomic E-state index is -0.501. The van der Waals surface area contributed by atoms with Gasteiger partial charge in [0, 0.05) is 46.7 Å². The van der Waals surface area contributed by atoms with E-state index in [0.717, 1.165) is 38.3 Å². The number of nitrogens with zero attached hydrogens (tertiary/aromatic N) is 1. The van der Waals surface area contributed by atoms with Crippen LogP contribution < -0.4 is 5.73 Å². The van der Waals surface area contributed by atoms with Crippen LogP contribution in [0.5, 0.6) is 0 Å². The van der Waals surface area contributed by atoms with Gasteiger partial charge in [-0.3, -0.25) is 9.59 Å². The Morgan fingerprint density at radius 2 is 1.73 bits per heavy atom. The number of carbonyl (C=O) groups excluding carboxylic acids is 2. The first kappa shape index (κ1) is 19.6. The fourth-order valence-corrected chi connectivity index (χ4v) is 4.68. The molecule has 7 heteroatoms. The zero-order chi connectivity index (χ0) is 22.5. The number of aromatic amines is 2. The van der Waals surface area contributed by atoms with Crippen molar-refractivity contribution in [3.8, 4) is 11.1 Å². The number of benzene rings is 3. The Bertz CT molecular complexity index is 1560. The van der Waals surface area contributed by atoms with Crippen molar-refractivity contribution in [2.75, 3.05) is 26.3 Å². The van der Waals surface area contributed by atoms with Gasteiger partial charge in [0.1, 0.15) is 0 Å². The number of hydrogen-bond donors (Lipinski definition) is 3. The first-order valence-electron chi connectivity index (χ1n) is 10.9. The molecular formula is C26H22N4O3. The number of fused-ring (bicyclic) bond motifs is 4. The van der Waals surface area contributed by atoms with Crippen LogP contribution in [0.3, 0.4) is 0 Å².